The smallest absolute Gasteiger partial charge is 0.233 e. The van der Waals surface area contributed by atoms with E-state index in [1.54, 1.807) is 13.3 Å². The summed E-state index contributed by atoms with van der Waals surface area (Å²) in [7, 11) is 3.23. The summed E-state index contributed by atoms with van der Waals surface area (Å²) in [4.78, 5) is 20.8. The Bertz CT molecular complexity index is 718. The van der Waals surface area contributed by atoms with Crippen molar-refractivity contribution in [1.29, 1.82) is 5.26 Å². The Morgan fingerprint density at radius 1 is 1.33 bits per heavy atom. The van der Waals surface area contributed by atoms with E-state index in [-0.39, 0.29) is 11.3 Å². The number of methoxy groups -OCH3 is 2. The van der Waals surface area contributed by atoms with Crippen LogP contribution in [-0.4, -0.2) is 62.8 Å². The second-order valence-corrected chi connectivity index (χ2v) is 7.51. The first-order chi connectivity index (χ1) is 13.1. The van der Waals surface area contributed by atoms with Crippen molar-refractivity contribution in [2.24, 2.45) is 5.41 Å². The molecule has 7 heteroatoms. The van der Waals surface area contributed by atoms with E-state index in [0.717, 1.165) is 57.5 Å². The third-order valence-corrected chi connectivity index (χ3v) is 5.73. The summed E-state index contributed by atoms with van der Waals surface area (Å²) in [6, 6.07) is 4.14. The molecule has 2 fully saturated rings. The van der Waals surface area contributed by atoms with Crippen molar-refractivity contribution in [3.05, 3.63) is 17.8 Å². The van der Waals surface area contributed by atoms with Crippen molar-refractivity contribution in [2.45, 2.75) is 32.1 Å². The van der Waals surface area contributed by atoms with E-state index in [4.69, 9.17) is 9.47 Å². The molecule has 0 bridgehead atoms. The van der Waals surface area contributed by atoms with Crippen LogP contribution < -0.4 is 9.64 Å². The molecule has 1 spiro atoms. The summed E-state index contributed by atoms with van der Waals surface area (Å²) in [6.45, 7) is 3.96. The second kappa shape index (κ2) is 8.57. The molecule has 2 aliphatic heterocycles. The van der Waals surface area contributed by atoms with Gasteiger partial charge in [-0.1, -0.05) is 0 Å². The lowest BCUT2D eigenvalue weighted by Gasteiger charge is -2.49. The maximum Gasteiger partial charge on any atom is 0.233 e. The molecule has 2 saturated heterocycles. The number of hydrogen-bond donors (Lipinski definition) is 0. The van der Waals surface area contributed by atoms with Crippen molar-refractivity contribution in [1.82, 2.24) is 9.88 Å². The molecule has 0 N–H and O–H groups in total. The lowest BCUT2D eigenvalue weighted by Crippen LogP contribution is -2.54. The average molecular weight is 372 g/mol. The number of likely N-dealkylation sites (tertiary alicyclic amines) is 1. The molecular formula is C20H28N4O3. The zero-order valence-electron chi connectivity index (χ0n) is 16.2. The van der Waals surface area contributed by atoms with Gasteiger partial charge in [0.15, 0.2) is 0 Å². The summed E-state index contributed by atoms with van der Waals surface area (Å²) >= 11 is 0. The minimum absolute atomic E-state index is 0.0858. The average Bonchev–Trinajstić information content (AvgIpc) is 2.70. The van der Waals surface area contributed by atoms with Gasteiger partial charge in [-0.25, -0.2) is 4.98 Å². The van der Waals surface area contributed by atoms with Crippen LogP contribution in [0.1, 0.15) is 37.7 Å². The molecule has 0 saturated carbocycles. The monoisotopic (exact) mass is 372 g/mol. The number of rotatable bonds is 6. The van der Waals surface area contributed by atoms with Crippen molar-refractivity contribution < 1.29 is 14.3 Å². The molecule has 1 aromatic rings. The van der Waals surface area contributed by atoms with E-state index >= 15 is 0 Å². The molecule has 2 aliphatic rings. The molecule has 0 radical (unpaired) electrons. The number of nitriles is 1. The summed E-state index contributed by atoms with van der Waals surface area (Å²) in [5.41, 5.74) is 1.45. The van der Waals surface area contributed by atoms with Crippen molar-refractivity contribution >= 4 is 11.6 Å². The summed E-state index contributed by atoms with van der Waals surface area (Å²) < 4.78 is 10.4. The summed E-state index contributed by atoms with van der Waals surface area (Å²) in [5.74, 6) is 0.617. The Balaban J connectivity index is 1.78. The van der Waals surface area contributed by atoms with Gasteiger partial charge in [0.25, 0.3) is 0 Å². The van der Waals surface area contributed by atoms with E-state index in [2.05, 4.69) is 16.0 Å². The quantitative estimate of drug-likeness (QED) is 0.713. The Morgan fingerprint density at radius 2 is 2.19 bits per heavy atom. The van der Waals surface area contributed by atoms with Gasteiger partial charge < -0.3 is 19.3 Å². The Labute approximate surface area is 160 Å². The Morgan fingerprint density at radius 3 is 2.93 bits per heavy atom. The number of carbonyl (C=O) groups excluding carboxylic acids is 1. The van der Waals surface area contributed by atoms with Crippen LogP contribution in [0.3, 0.4) is 0 Å². The van der Waals surface area contributed by atoms with Crippen molar-refractivity contribution in [3.8, 4) is 11.9 Å². The van der Waals surface area contributed by atoms with E-state index in [1.807, 2.05) is 11.0 Å². The molecule has 7 nitrogen and oxygen atoms in total. The van der Waals surface area contributed by atoms with E-state index in [0.29, 0.717) is 24.5 Å². The lowest BCUT2D eigenvalue weighted by atomic mass is 9.73. The minimum Gasteiger partial charge on any atom is -0.480 e. The third-order valence-electron chi connectivity index (χ3n) is 5.73. The first kappa shape index (κ1) is 19.4. The summed E-state index contributed by atoms with van der Waals surface area (Å²) in [6.07, 6.45) is 6.23. The number of carbonyl (C=O) groups is 1. The maximum atomic E-state index is 12.4. The number of amides is 1. The van der Waals surface area contributed by atoms with Crippen LogP contribution in [0.15, 0.2) is 12.3 Å². The number of hydrogen-bond acceptors (Lipinski definition) is 6. The van der Waals surface area contributed by atoms with Gasteiger partial charge in [0, 0.05) is 57.9 Å². The zero-order valence-corrected chi connectivity index (χ0v) is 16.2. The van der Waals surface area contributed by atoms with Gasteiger partial charge in [0.1, 0.15) is 11.6 Å². The molecule has 1 aromatic heterocycles. The number of ether oxygens (including phenoxy) is 2. The molecule has 146 valence electrons. The van der Waals surface area contributed by atoms with Gasteiger partial charge in [0.2, 0.25) is 11.8 Å². The molecule has 0 aromatic carbocycles. The number of pyridine rings is 1. The van der Waals surface area contributed by atoms with Gasteiger partial charge in [-0.15, -0.1) is 0 Å². The van der Waals surface area contributed by atoms with Gasteiger partial charge in [-0.05, 0) is 31.7 Å². The van der Waals surface area contributed by atoms with E-state index in [1.165, 1.54) is 7.11 Å². The van der Waals surface area contributed by atoms with Crippen LogP contribution in [0.2, 0.25) is 0 Å². The molecule has 3 rings (SSSR count). The highest BCUT2D eigenvalue weighted by Crippen LogP contribution is 2.41. The predicted molar refractivity (Wildman–Crippen MR) is 102 cm³/mol. The third kappa shape index (κ3) is 4.16. The van der Waals surface area contributed by atoms with Crippen LogP contribution in [-0.2, 0) is 9.53 Å². The predicted octanol–water partition coefficient (Wildman–Crippen LogP) is 2.21. The van der Waals surface area contributed by atoms with E-state index in [9.17, 15) is 10.1 Å². The summed E-state index contributed by atoms with van der Waals surface area (Å²) in [5, 5.41) is 9.60. The van der Waals surface area contributed by atoms with Crippen molar-refractivity contribution in [3.63, 3.8) is 0 Å². The second-order valence-electron chi connectivity index (χ2n) is 7.51. The molecular weight excluding hydrogens is 344 g/mol. The highest BCUT2D eigenvalue weighted by Gasteiger charge is 2.42. The molecule has 0 aliphatic carbocycles. The molecule has 3 heterocycles. The fourth-order valence-electron chi connectivity index (χ4n) is 4.41. The van der Waals surface area contributed by atoms with Gasteiger partial charge in [0.05, 0.1) is 12.8 Å². The minimum atomic E-state index is 0.0858. The fraction of sp³-hybridized carbons (Fsp3) is 0.650. The highest BCUT2D eigenvalue weighted by atomic mass is 16.5. The number of nitrogens with zero attached hydrogens (tertiary/aromatic N) is 4. The van der Waals surface area contributed by atoms with Crippen LogP contribution >= 0.6 is 0 Å². The van der Waals surface area contributed by atoms with Crippen LogP contribution in [0.25, 0.3) is 0 Å². The topological polar surface area (TPSA) is 78.7 Å². The first-order valence-electron chi connectivity index (χ1n) is 9.57. The van der Waals surface area contributed by atoms with Crippen molar-refractivity contribution in [2.75, 3.05) is 51.9 Å². The normalized spacial score (nSPS) is 22.8. The largest absolute Gasteiger partial charge is 0.480 e. The molecule has 1 amide bonds. The number of anilines is 1. The highest BCUT2D eigenvalue weighted by molar-refractivity contribution is 5.77. The zero-order chi connectivity index (χ0) is 19.3. The number of aromatic nitrogens is 1. The van der Waals surface area contributed by atoms with Gasteiger partial charge in [-0.3, -0.25) is 4.79 Å². The SMILES string of the molecule is COCCCN1C[C@@]2(CCCN(c3ccnc(OC)c3C#N)C2)CCC1=O. The first-order valence-corrected chi connectivity index (χ1v) is 9.57. The molecule has 0 unspecified atom stereocenters. The molecule has 27 heavy (non-hydrogen) atoms. The standard InChI is InChI=1S/C20H28N4O3/c1-26-12-4-11-24-15-20(8-5-18(24)25)7-3-10-23(14-20)17-6-9-22-19(27-2)16(17)13-21/h6,9H,3-5,7-8,10-12,14-15H2,1-2H3/t20-/m0/s1. The van der Waals surface area contributed by atoms with Crippen LogP contribution in [0.5, 0.6) is 5.88 Å². The maximum absolute atomic E-state index is 12.4. The lowest BCUT2D eigenvalue weighted by molar-refractivity contribution is -0.138. The Hall–Kier alpha value is -2.33. The Kier molecular flexibility index (Phi) is 6.17. The van der Waals surface area contributed by atoms with Crippen LogP contribution in [0, 0.1) is 16.7 Å². The van der Waals surface area contributed by atoms with Crippen LogP contribution in [0.4, 0.5) is 5.69 Å². The fourth-order valence-corrected chi connectivity index (χ4v) is 4.41. The number of piperidine rings is 2. The van der Waals surface area contributed by atoms with E-state index < -0.39 is 0 Å². The van der Waals surface area contributed by atoms with Gasteiger partial charge >= 0.3 is 0 Å². The van der Waals surface area contributed by atoms with Gasteiger partial charge in [-0.2, -0.15) is 5.26 Å². The molecule has 1 atom stereocenters.